The van der Waals surface area contributed by atoms with Crippen molar-refractivity contribution in [2.75, 3.05) is 18.9 Å². The van der Waals surface area contributed by atoms with E-state index in [1.807, 2.05) is 19.1 Å². The van der Waals surface area contributed by atoms with Crippen LogP contribution in [-0.2, 0) is 6.54 Å². The summed E-state index contributed by atoms with van der Waals surface area (Å²) in [5, 5.41) is 13.3. The lowest BCUT2D eigenvalue weighted by molar-refractivity contribution is 0.250. The molecule has 0 saturated heterocycles. The Kier molecular flexibility index (Phi) is 7.75. The number of halogens is 1. The van der Waals surface area contributed by atoms with Gasteiger partial charge in [-0.15, -0.1) is 11.8 Å². The molecule has 0 fully saturated rings. The first-order chi connectivity index (χ1) is 8.69. The SMILES string of the molecule is CCCNCc1cccc(Cl)c1SCC(C)CO. The third kappa shape index (κ3) is 5.19. The molecule has 0 aliphatic carbocycles. The van der Waals surface area contributed by atoms with Crippen molar-refractivity contribution in [1.29, 1.82) is 0 Å². The number of aliphatic hydroxyl groups is 1. The van der Waals surface area contributed by atoms with Gasteiger partial charge in [-0.25, -0.2) is 0 Å². The Morgan fingerprint density at radius 2 is 2.22 bits per heavy atom. The van der Waals surface area contributed by atoms with Crippen molar-refractivity contribution in [3.05, 3.63) is 28.8 Å². The summed E-state index contributed by atoms with van der Waals surface area (Å²) in [6.45, 7) is 6.29. The molecule has 102 valence electrons. The second kappa shape index (κ2) is 8.81. The molecule has 0 aromatic heterocycles. The van der Waals surface area contributed by atoms with Crippen LogP contribution in [0.4, 0.5) is 0 Å². The molecule has 2 N–H and O–H groups in total. The standard InChI is InChI=1S/C14H22ClNOS/c1-3-7-16-8-12-5-4-6-13(15)14(12)18-10-11(2)9-17/h4-6,11,16-17H,3,7-10H2,1-2H3. The summed E-state index contributed by atoms with van der Waals surface area (Å²) in [6, 6.07) is 6.03. The first kappa shape index (κ1) is 15.8. The van der Waals surface area contributed by atoms with E-state index in [2.05, 4.69) is 18.3 Å². The maximum atomic E-state index is 9.07. The molecule has 0 bridgehead atoms. The van der Waals surface area contributed by atoms with Crippen LogP contribution >= 0.6 is 23.4 Å². The predicted molar refractivity (Wildman–Crippen MR) is 80.4 cm³/mol. The van der Waals surface area contributed by atoms with Gasteiger partial charge < -0.3 is 10.4 Å². The molecule has 18 heavy (non-hydrogen) atoms. The number of hydrogen-bond acceptors (Lipinski definition) is 3. The molecule has 1 aromatic carbocycles. The minimum atomic E-state index is 0.223. The average Bonchev–Trinajstić information content (AvgIpc) is 2.38. The maximum absolute atomic E-state index is 9.07. The van der Waals surface area contributed by atoms with Gasteiger partial charge in [-0.1, -0.05) is 37.6 Å². The molecule has 4 heteroatoms. The molecular weight excluding hydrogens is 266 g/mol. The summed E-state index contributed by atoms with van der Waals surface area (Å²) in [4.78, 5) is 1.14. The van der Waals surface area contributed by atoms with Crippen molar-refractivity contribution in [3.63, 3.8) is 0 Å². The van der Waals surface area contributed by atoms with Crippen molar-refractivity contribution in [3.8, 4) is 0 Å². The number of thioether (sulfide) groups is 1. The van der Waals surface area contributed by atoms with E-state index in [-0.39, 0.29) is 6.61 Å². The molecule has 0 aliphatic rings. The van der Waals surface area contributed by atoms with Gasteiger partial charge in [-0.2, -0.15) is 0 Å². The van der Waals surface area contributed by atoms with Gasteiger partial charge in [0.1, 0.15) is 0 Å². The lowest BCUT2D eigenvalue weighted by Gasteiger charge is -2.13. The number of nitrogens with one attached hydrogen (secondary N) is 1. The lowest BCUT2D eigenvalue weighted by atomic mass is 10.2. The monoisotopic (exact) mass is 287 g/mol. The molecule has 1 unspecified atom stereocenters. The second-order valence-corrected chi connectivity index (χ2v) is 5.94. The molecule has 0 aliphatic heterocycles. The number of rotatable bonds is 8. The van der Waals surface area contributed by atoms with Gasteiger partial charge in [-0.3, -0.25) is 0 Å². The molecule has 0 saturated carbocycles. The van der Waals surface area contributed by atoms with Gasteiger partial charge in [-0.05, 0) is 30.5 Å². The summed E-state index contributed by atoms with van der Waals surface area (Å²) in [5.41, 5.74) is 1.24. The second-order valence-electron chi connectivity index (χ2n) is 4.50. The van der Waals surface area contributed by atoms with E-state index in [0.717, 1.165) is 35.2 Å². The van der Waals surface area contributed by atoms with Gasteiger partial charge in [0.15, 0.2) is 0 Å². The average molecular weight is 288 g/mol. The van der Waals surface area contributed by atoms with Crippen molar-refractivity contribution < 1.29 is 5.11 Å². The summed E-state index contributed by atoms with van der Waals surface area (Å²) in [6.07, 6.45) is 1.13. The highest BCUT2D eigenvalue weighted by atomic mass is 35.5. The first-order valence-electron chi connectivity index (χ1n) is 6.40. The lowest BCUT2D eigenvalue weighted by Crippen LogP contribution is -2.14. The molecule has 0 spiro atoms. The summed E-state index contributed by atoms with van der Waals surface area (Å²) >= 11 is 7.99. The van der Waals surface area contributed by atoms with Crippen molar-refractivity contribution in [2.24, 2.45) is 5.92 Å². The molecule has 0 amide bonds. The van der Waals surface area contributed by atoms with Crippen LogP contribution < -0.4 is 5.32 Å². The van der Waals surface area contributed by atoms with Gasteiger partial charge >= 0.3 is 0 Å². The van der Waals surface area contributed by atoms with E-state index in [1.54, 1.807) is 11.8 Å². The van der Waals surface area contributed by atoms with E-state index >= 15 is 0 Å². The number of hydrogen-bond donors (Lipinski definition) is 2. The maximum Gasteiger partial charge on any atom is 0.0545 e. The summed E-state index contributed by atoms with van der Waals surface area (Å²) in [7, 11) is 0. The predicted octanol–water partition coefficient (Wildman–Crippen LogP) is 3.56. The molecule has 1 aromatic rings. The number of benzene rings is 1. The van der Waals surface area contributed by atoms with Gasteiger partial charge in [0.05, 0.1) is 5.02 Å². The first-order valence-corrected chi connectivity index (χ1v) is 7.77. The Hall–Kier alpha value is -0.220. The fourth-order valence-corrected chi connectivity index (χ4v) is 2.98. The largest absolute Gasteiger partial charge is 0.396 e. The topological polar surface area (TPSA) is 32.3 Å². The van der Waals surface area contributed by atoms with E-state index in [9.17, 15) is 0 Å². The van der Waals surface area contributed by atoms with E-state index in [0.29, 0.717) is 5.92 Å². The van der Waals surface area contributed by atoms with Crippen molar-refractivity contribution >= 4 is 23.4 Å². The molecular formula is C14H22ClNOS. The minimum absolute atomic E-state index is 0.223. The van der Waals surface area contributed by atoms with Gasteiger partial charge in [0.2, 0.25) is 0 Å². The van der Waals surface area contributed by atoms with Gasteiger partial charge in [0.25, 0.3) is 0 Å². The Morgan fingerprint density at radius 1 is 1.44 bits per heavy atom. The summed E-state index contributed by atoms with van der Waals surface area (Å²) < 4.78 is 0. The van der Waals surface area contributed by atoms with Crippen molar-refractivity contribution in [1.82, 2.24) is 5.32 Å². The van der Waals surface area contributed by atoms with Crippen LogP contribution in [0, 0.1) is 5.92 Å². The van der Waals surface area contributed by atoms with Crippen LogP contribution in [0.1, 0.15) is 25.8 Å². The Balaban J connectivity index is 2.67. The molecule has 1 atom stereocenters. The van der Waals surface area contributed by atoms with Crippen LogP contribution in [-0.4, -0.2) is 24.0 Å². The highest BCUT2D eigenvalue weighted by Crippen LogP contribution is 2.31. The zero-order chi connectivity index (χ0) is 13.4. The van der Waals surface area contributed by atoms with Crippen LogP contribution in [0.2, 0.25) is 5.02 Å². The summed E-state index contributed by atoms with van der Waals surface area (Å²) in [5.74, 6) is 1.18. The molecule has 2 nitrogen and oxygen atoms in total. The third-order valence-electron chi connectivity index (χ3n) is 2.61. The van der Waals surface area contributed by atoms with Crippen LogP contribution in [0.25, 0.3) is 0 Å². The Labute approximate surface area is 119 Å². The Morgan fingerprint density at radius 3 is 2.89 bits per heavy atom. The minimum Gasteiger partial charge on any atom is -0.396 e. The Bertz CT molecular complexity index is 360. The van der Waals surface area contributed by atoms with E-state index in [4.69, 9.17) is 16.7 Å². The number of aliphatic hydroxyl groups excluding tert-OH is 1. The van der Waals surface area contributed by atoms with Crippen molar-refractivity contribution in [2.45, 2.75) is 31.7 Å². The fourth-order valence-electron chi connectivity index (χ4n) is 1.53. The highest BCUT2D eigenvalue weighted by molar-refractivity contribution is 7.99. The van der Waals surface area contributed by atoms with Crippen LogP contribution in [0.3, 0.4) is 0 Å². The zero-order valence-electron chi connectivity index (χ0n) is 11.1. The zero-order valence-corrected chi connectivity index (χ0v) is 12.7. The smallest absolute Gasteiger partial charge is 0.0545 e. The van der Waals surface area contributed by atoms with E-state index in [1.165, 1.54) is 5.56 Å². The van der Waals surface area contributed by atoms with E-state index < -0.39 is 0 Å². The third-order valence-corrected chi connectivity index (χ3v) is 4.55. The van der Waals surface area contributed by atoms with Crippen LogP contribution in [0.5, 0.6) is 0 Å². The fraction of sp³-hybridized carbons (Fsp3) is 0.571. The molecule has 0 radical (unpaired) electrons. The highest BCUT2D eigenvalue weighted by Gasteiger charge is 2.09. The quantitative estimate of drug-likeness (QED) is 0.566. The van der Waals surface area contributed by atoms with Crippen LogP contribution in [0.15, 0.2) is 23.1 Å². The molecule has 1 rings (SSSR count). The molecule has 0 heterocycles. The normalized spacial score (nSPS) is 12.7. The van der Waals surface area contributed by atoms with Gasteiger partial charge in [0, 0.05) is 23.8 Å².